The molecular weight excluding hydrogens is 457 g/mol. The molecule has 33 heavy (non-hydrogen) atoms. The van der Waals surface area contributed by atoms with Crippen LogP contribution in [0.5, 0.6) is 5.75 Å². The SMILES string of the molecule is Cc1cc(-c2nsc3ccc(-n4c(=O)cc(C(F)(F)F)n(C)c4=O)cc23)ccc1OCC#N. The van der Waals surface area contributed by atoms with Crippen molar-refractivity contribution in [3.8, 4) is 28.8 Å². The molecule has 7 nitrogen and oxygen atoms in total. The van der Waals surface area contributed by atoms with Crippen LogP contribution < -0.4 is 16.0 Å². The number of hydrogen-bond donors (Lipinski definition) is 0. The summed E-state index contributed by atoms with van der Waals surface area (Å²) in [5.74, 6) is 0.556. The molecule has 0 bridgehead atoms. The second-order valence-electron chi connectivity index (χ2n) is 7.18. The van der Waals surface area contributed by atoms with Crippen molar-refractivity contribution in [2.45, 2.75) is 13.1 Å². The fourth-order valence-corrected chi connectivity index (χ4v) is 4.25. The van der Waals surface area contributed by atoms with Gasteiger partial charge in [0.05, 0.1) is 16.1 Å². The third-order valence-corrected chi connectivity index (χ3v) is 5.89. The molecule has 2 heterocycles. The lowest BCUT2D eigenvalue weighted by molar-refractivity contribution is -0.144. The molecule has 168 valence electrons. The molecule has 4 rings (SSSR count). The van der Waals surface area contributed by atoms with E-state index in [1.165, 1.54) is 17.6 Å². The van der Waals surface area contributed by atoms with E-state index in [-0.39, 0.29) is 12.3 Å². The minimum atomic E-state index is -4.83. The fourth-order valence-electron chi connectivity index (χ4n) is 3.48. The zero-order chi connectivity index (χ0) is 23.9. The van der Waals surface area contributed by atoms with Gasteiger partial charge in [-0.3, -0.25) is 9.36 Å². The summed E-state index contributed by atoms with van der Waals surface area (Å²) in [6, 6.07) is 12.3. The topological polar surface area (TPSA) is 89.9 Å². The first-order chi connectivity index (χ1) is 15.6. The molecule has 0 unspecified atom stereocenters. The van der Waals surface area contributed by atoms with Gasteiger partial charge in [0.2, 0.25) is 0 Å². The Morgan fingerprint density at radius 3 is 2.58 bits per heavy atom. The van der Waals surface area contributed by atoms with Crippen molar-refractivity contribution in [3.63, 3.8) is 0 Å². The van der Waals surface area contributed by atoms with Crippen molar-refractivity contribution in [1.82, 2.24) is 13.5 Å². The van der Waals surface area contributed by atoms with E-state index in [2.05, 4.69) is 4.37 Å². The van der Waals surface area contributed by atoms with Gasteiger partial charge in [-0.15, -0.1) is 0 Å². The van der Waals surface area contributed by atoms with E-state index in [1.54, 1.807) is 24.3 Å². The van der Waals surface area contributed by atoms with Crippen LogP contribution in [0.2, 0.25) is 0 Å². The zero-order valence-corrected chi connectivity index (χ0v) is 18.1. The van der Waals surface area contributed by atoms with Crippen LogP contribution in [0.3, 0.4) is 0 Å². The van der Waals surface area contributed by atoms with Crippen LogP contribution in [0.4, 0.5) is 13.2 Å². The Morgan fingerprint density at radius 1 is 1.15 bits per heavy atom. The lowest BCUT2D eigenvalue weighted by Gasteiger charge is -2.14. The zero-order valence-electron chi connectivity index (χ0n) is 17.3. The van der Waals surface area contributed by atoms with Crippen molar-refractivity contribution in [2.75, 3.05) is 6.61 Å². The van der Waals surface area contributed by atoms with Gasteiger partial charge in [-0.05, 0) is 60.4 Å². The van der Waals surface area contributed by atoms with Crippen LogP contribution in [0, 0.1) is 18.3 Å². The molecule has 0 saturated heterocycles. The predicted octanol–water partition coefficient (Wildman–Crippen LogP) is 4.04. The van der Waals surface area contributed by atoms with Gasteiger partial charge in [0.25, 0.3) is 5.56 Å². The highest BCUT2D eigenvalue weighted by molar-refractivity contribution is 7.13. The summed E-state index contributed by atoms with van der Waals surface area (Å²) < 4.78 is 51.1. The number of ether oxygens (including phenoxy) is 1. The van der Waals surface area contributed by atoms with Gasteiger partial charge >= 0.3 is 11.9 Å². The van der Waals surface area contributed by atoms with E-state index in [1.807, 2.05) is 19.1 Å². The molecule has 2 aromatic carbocycles. The summed E-state index contributed by atoms with van der Waals surface area (Å²) in [7, 11) is 0.968. The van der Waals surface area contributed by atoms with E-state index < -0.39 is 23.1 Å². The molecule has 2 aromatic heterocycles. The van der Waals surface area contributed by atoms with Crippen molar-refractivity contribution in [1.29, 1.82) is 5.26 Å². The van der Waals surface area contributed by atoms with E-state index in [0.717, 1.165) is 22.9 Å². The van der Waals surface area contributed by atoms with Gasteiger partial charge in [0.15, 0.2) is 6.61 Å². The normalized spacial score (nSPS) is 11.5. The molecule has 0 atom stereocenters. The number of alkyl halides is 3. The molecule has 0 N–H and O–H groups in total. The first-order valence-corrected chi connectivity index (χ1v) is 10.3. The van der Waals surface area contributed by atoms with Gasteiger partial charge in [0, 0.05) is 24.1 Å². The third kappa shape index (κ3) is 4.01. The van der Waals surface area contributed by atoms with Crippen molar-refractivity contribution in [2.24, 2.45) is 7.05 Å². The number of rotatable bonds is 4. The van der Waals surface area contributed by atoms with Crippen LogP contribution in [-0.2, 0) is 13.2 Å². The maximum absolute atomic E-state index is 13.1. The summed E-state index contributed by atoms with van der Waals surface area (Å²) in [6.45, 7) is 1.74. The monoisotopic (exact) mass is 472 g/mol. The molecule has 0 aliphatic carbocycles. The minimum Gasteiger partial charge on any atom is -0.478 e. The standard InChI is InChI=1S/C22H15F3N4O3S/c1-12-9-13(3-5-16(12)32-8-7-26)20-15-10-14(4-6-17(15)33-27-20)29-19(30)11-18(22(23,24)25)28(2)21(29)31/h3-6,9-11H,8H2,1-2H3. The molecule has 0 spiro atoms. The Kier molecular flexibility index (Phi) is 5.55. The van der Waals surface area contributed by atoms with Crippen LogP contribution in [0.15, 0.2) is 52.1 Å². The Hall–Kier alpha value is -3.91. The number of aromatic nitrogens is 3. The van der Waals surface area contributed by atoms with Crippen molar-refractivity contribution >= 4 is 21.6 Å². The number of hydrogen-bond acceptors (Lipinski definition) is 6. The first kappa shape index (κ1) is 22.3. The number of halogens is 3. The first-order valence-electron chi connectivity index (χ1n) is 9.52. The fraction of sp³-hybridized carbons (Fsp3) is 0.182. The number of fused-ring (bicyclic) bond motifs is 1. The van der Waals surface area contributed by atoms with Gasteiger partial charge in [-0.2, -0.15) is 22.8 Å². The molecule has 0 aliphatic rings. The molecule has 4 aromatic rings. The van der Waals surface area contributed by atoms with Crippen LogP contribution in [0.25, 0.3) is 27.0 Å². The Morgan fingerprint density at radius 2 is 1.91 bits per heavy atom. The second-order valence-corrected chi connectivity index (χ2v) is 7.99. The second kappa shape index (κ2) is 8.22. The number of benzene rings is 2. The molecule has 0 fully saturated rings. The van der Waals surface area contributed by atoms with Gasteiger partial charge in [0.1, 0.15) is 17.5 Å². The van der Waals surface area contributed by atoms with Crippen LogP contribution in [0.1, 0.15) is 11.3 Å². The quantitative estimate of drug-likeness (QED) is 0.447. The third-order valence-electron chi connectivity index (χ3n) is 5.06. The number of nitrogens with zero attached hydrogens (tertiary/aromatic N) is 4. The lowest BCUT2D eigenvalue weighted by atomic mass is 10.0. The Bertz CT molecular complexity index is 1540. The summed E-state index contributed by atoms with van der Waals surface area (Å²) >= 11 is 1.21. The molecule has 0 amide bonds. The van der Waals surface area contributed by atoms with Crippen molar-refractivity contribution < 1.29 is 17.9 Å². The van der Waals surface area contributed by atoms with E-state index in [4.69, 9.17) is 10.00 Å². The highest BCUT2D eigenvalue weighted by atomic mass is 32.1. The average Bonchev–Trinajstić information content (AvgIpc) is 3.18. The Balaban J connectivity index is 1.85. The lowest BCUT2D eigenvalue weighted by Crippen LogP contribution is -2.40. The number of aryl methyl sites for hydroxylation is 1. The maximum atomic E-state index is 13.1. The van der Waals surface area contributed by atoms with Crippen molar-refractivity contribution in [3.05, 3.63) is 74.6 Å². The minimum absolute atomic E-state index is 0.0833. The summed E-state index contributed by atoms with van der Waals surface area (Å²) in [4.78, 5) is 25.1. The van der Waals surface area contributed by atoms with Gasteiger partial charge < -0.3 is 4.74 Å². The van der Waals surface area contributed by atoms with E-state index in [9.17, 15) is 22.8 Å². The van der Waals surface area contributed by atoms with Crippen LogP contribution in [-0.4, -0.2) is 20.1 Å². The van der Waals surface area contributed by atoms with Crippen LogP contribution >= 0.6 is 11.5 Å². The van der Waals surface area contributed by atoms with E-state index >= 15 is 0 Å². The average molecular weight is 472 g/mol. The van der Waals surface area contributed by atoms with E-state index in [0.29, 0.717) is 32.0 Å². The maximum Gasteiger partial charge on any atom is 0.431 e. The molecule has 0 saturated carbocycles. The largest absolute Gasteiger partial charge is 0.478 e. The number of nitriles is 1. The predicted molar refractivity (Wildman–Crippen MR) is 117 cm³/mol. The smallest absolute Gasteiger partial charge is 0.431 e. The molecule has 11 heteroatoms. The summed E-state index contributed by atoms with van der Waals surface area (Å²) in [6.07, 6.45) is -4.83. The highest BCUT2D eigenvalue weighted by Gasteiger charge is 2.35. The highest BCUT2D eigenvalue weighted by Crippen LogP contribution is 2.34. The molecular formula is C22H15F3N4O3S. The van der Waals surface area contributed by atoms with Gasteiger partial charge in [-0.1, -0.05) is 0 Å². The Labute approximate surface area is 188 Å². The summed E-state index contributed by atoms with van der Waals surface area (Å²) in [5.41, 5.74) is -1.25. The molecule has 0 radical (unpaired) electrons. The summed E-state index contributed by atoms with van der Waals surface area (Å²) in [5, 5.41) is 9.32. The molecule has 0 aliphatic heterocycles. The van der Waals surface area contributed by atoms with Gasteiger partial charge in [-0.25, -0.2) is 9.36 Å².